The van der Waals surface area contributed by atoms with Gasteiger partial charge in [-0.1, -0.05) is 71.5 Å². The Morgan fingerprint density at radius 3 is 1.83 bits per heavy atom. The molecule has 0 spiro atoms. The normalized spacial score (nSPS) is 11.1. The molecule has 0 saturated carbocycles. The van der Waals surface area contributed by atoms with Crippen LogP contribution >= 0.6 is 0 Å². The van der Waals surface area contributed by atoms with E-state index < -0.39 is 23.8 Å². The van der Waals surface area contributed by atoms with Crippen LogP contribution in [0.4, 0.5) is 0 Å². The summed E-state index contributed by atoms with van der Waals surface area (Å²) < 4.78 is 0. The van der Waals surface area contributed by atoms with E-state index in [1.165, 1.54) is 7.05 Å². The zero-order valence-corrected chi connectivity index (χ0v) is 25.2. The molecule has 230 valence electrons. The van der Waals surface area contributed by atoms with E-state index in [0.717, 1.165) is 5.56 Å². The fourth-order valence-electron chi connectivity index (χ4n) is 3.30. The Hall–Kier alpha value is -4.22. The highest BCUT2D eigenvalue weighted by Crippen LogP contribution is 2.05. The number of hydrogen-bond acceptors (Lipinski definition) is 7. The van der Waals surface area contributed by atoms with Crippen LogP contribution in [0, 0.1) is 5.92 Å². The second-order valence-electron chi connectivity index (χ2n) is 8.98. The van der Waals surface area contributed by atoms with E-state index >= 15 is 0 Å². The van der Waals surface area contributed by atoms with Gasteiger partial charge in [0, 0.05) is 25.6 Å². The van der Waals surface area contributed by atoms with Crippen molar-refractivity contribution in [2.75, 3.05) is 26.7 Å². The van der Waals surface area contributed by atoms with Crippen LogP contribution in [0.3, 0.4) is 0 Å². The minimum absolute atomic E-state index is 0.0876. The summed E-state index contributed by atoms with van der Waals surface area (Å²) in [7, 11) is 1.45. The molecule has 5 amide bonds. The Bertz CT molecular complexity index is 954. The molecule has 12 heteroatoms. The Kier molecular flexibility index (Phi) is 22.5. The molecule has 41 heavy (non-hydrogen) atoms. The molecule has 0 fully saturated rings. The van der Waals surface area contributed by atoms with Gasteiger partial charge in [-0.05, 0) is 17.9 Å². The van der Waals surface area contributed by atoms with Gasteiger partial charge in [-0.2, -0.15) is 0 Å². The van der Waals surface area contributed by atoms with Crippen molar-refractivity contribution in [3.05, 3.63) is 48.2 Å². The zero-order valence-electron chi connectivity index (χ0n) is 25.2. The molecule has 0 radical (unpaired) electrons. The van der Waals surface area contributed by atoms with Crippen LogP contribution in [0.2, 0.25) is 0 Å². The lowest BCUT2D eigenvalue weighted by Gasteiger charge is -2.21. The first-order valence-electron chi connectivity index (χ1n) is 13.6. The maximum atomic E-state index is 12.6. The molecule has 0 aliphatic heterocycles. The number of amides is 5. The van der Waals surface area contributed by atoms with Crippen LogP contribution in [0.25, 0.3) is 0 Å². The SMILES string of the molecule is C=C(NCC(=O)NCC(=O)NC(Cc1ccccc1)C(=O)NCC(=O)NC)C(CC)NC(=O)CC(C)C.C=O.CC. The molecule has 0 aliphatic carbocycles. The van der Waals surface area contributed by atoms with Gasteiger partial charge in [0.15, 0.2) is 0 Å². The molecule has 1 aromatic rings. The molecule has 0 saturated heterocycles. The van der Waals surface area contributed by atoms with Crippen LogP contribution in [0.5, 0.6) is 0 Å². The average Bonchev–Trinajstić information content (AvgIpc) is 2.97. The van der Waals surface area contributed by atoms with Crippen molar-refractivity contribution in [2.24, 2.45) is 5.92 Å². The third-order valence-corrected chi connectivity index (χ3v) is 5.32. The fourth-order valence-corrected chi connectivity index (χ4v) is 3.30. The molecule has 12 nitrogen and oxygen atoms in total. The highest BCUT2D eigenvalue weighted by atomic mass is 16.2. The fraction of sp³-hybridized carbons (Fsp3) is 0.517. The highest BCUT2D eigenvalue weighted by Gasteiger charge is 2.22. The van der Waals surface area contributed by atoms with E-state index in [4.69, 9.17) is 4.79 Å². The lowest BCUT2D eigenvalue weighted by Crippen LogP contribution is -2.52. The van der Waals surface area contributed by atoms with Crippen molar-refractivity contribution in [3.8, 4) is 0 Å². The maximum Gasteiger partial charge on any atom is 0.243 e. The number of hydrogen-bond donors (Lipinski definition) is 6. The van der Waals surface area contributed by atoms with E-state index in [-0.39, 0.29) is 49.8 Å². The summed E-state index contributed by atoms with van der Waals surface area (Å²) in [6, 6.07) is 7.85. The molecular weight excluding hydrogens is 528 g/mol. The summed E-state index contributed by atoms with van der Waals surface area (Å²) in [6.07, 6.45) is 1.21. The molecular formula is C29H48N6O6. The molecule has 1 aromatic carbocycles. The van der Waals surface area contributed by atoms with E-state index in [9.17, 15) is 24.0 Å². The summed E-state index contributed by atoms with van der Waals surface area (Å²) in [4.78, 5) is 68.8. The zero-order chi connectivity index (χ0) is 31.8. The van der Waals surface area contributed by atoms with Gasteiger partial charge >= 0.3 is 0 Å². The van der Waals surface area contributed by atoms with Gasteiger partial charge in [-0.3, -0.25) is 24.0 Å². The molecule has 6 N–H and O–H groups in total. The van der Waals surface area contributed by atoms with Crippen molar-refractivity contribution in [1.82, 2.24) is 31.9 Å². The molecule has 0 aliphatic rings. The van der Waals surface area contributed by atoms with Gasteiger partial charge in [0.05, 0.1) is 25.7 Å². The molecule has 2 atom stereocenters. The maximum absolute atomic E-state index is 12.6. The first-order valence-corrected chi connectivity index (χ1v) is 13.6. The molecule has 0 aromatic heterocycles. The summed E-state index contributed by atoms with van der Waals surface area (Å²) in [5.74, 6) is -1.77. The van der Waals surface area contributed by atoms with Gasteiger partial charge in [0.25, 0.3) is 0 Å². The average molecular weight is 577 g/mol. The quantitative estimate of drug-likeness (QED) is 0.167. The summed E-state index contributed by atoms with van der Waals surface area (Å²) in [5.41, 5.74) is 1.32. The second-order valence-corrected chi connectivity index (χ2v) is 8.98. The van der Waals surface area contributed by atoms with Crippen molar-refractivity contribution in [3.63, 3.8) is 0 Å². The summed E-state index contributed by atoms with van der Waals surface area (Å²) >= 11 is 0. The second kappa shape index (κ2) is 23.6. The van der Waals surface area contributed by atoms with Crippen LogP contribution in [-0.2, 0) is 35.2 Å². The van der Waals surface area contributed by atoms with Crippen molar-refractivity contribution < 1.29 is 28.8 Å². The smallest absolute Gasteiger partial charge is 0.243 e. The lowest BCUT2D eigenvalue weighted by atomic mass is 10.1. The van der Waals surface area contributed by atoms with Gasteiger partial charge in [0.2, 0.25) is 29.5 Å². The molecule has 0 bridgehead atoms. The van der Waals surface area contributed by atoms with Crippen LogP contribution < -0.4 is 31.9 Å². The Balaban J connectivity index is 0. The third-order valence-electron chi connectivity index (χ3n) is 5.32. The van der Waals surface area contributed by atoms with E-state index in [2.05, 4.69) is 38.5 Å². The Morgan fingerprint density at radius 2 is 1.29 bits per heavy atom. The standard InChI is InChI=1S/C26H40N6O5.C2H6.CH2O/c1-6-20(31-22(33)12-17(2)3)18(4)28-15-24(35)29-16-25(36)32-21(13-19-10-8-7-9-11-19)26(37)30-14-23(34)27-5;2*1-2/h7-11,17,20-21,28H,4,6,12-16H2,1-3,5H3,(H,27,34)(H,29,35)(H,30,37)(H,31,33)(H,32,36);1-2H3;1H2. The van der Waals surface area contributed by atoms with Gasteiger partial charge in [-0.25, -0.2) is 0 Å². The first kappa shape index (κ1) is 38.9. The summed E-state index contributed by atoms with van der Waals surface area (Å²) in [5, 5.41) is 15.8. The number of nitrogens with one attached hydrogen (secondary N) is 6. The van der Waals surface area contributed by atoms with E-state index in [0.29, 0.717) is 18.5 Å². The lowest BCUT2D eigenvalue weighted by molar-refractivity contribution is -0.130. The first-order chi connectivity index (χ1) is 19.5. The van der Waals surface area contributed by atoms with Crippen LogP contribution in [0.1, 0.15) is 53.0 Å². The Labute approximate surface area is 243 Å². The number of carbonyl (C=O) groups excluding carboxylic acids is 6. The Morgan fingerprint density at radius 1 is 0.756 bits per heavy atom. The third kappa shape index (κ3) is 18.7. The number of carbonyl (C=O) groups is 6. The van der Waals surface area contributed by atoms with Crippen molar-refractivity contribution in [2.45, 2.75) is 66.0 Å². The molecule has 0 heterocycles. The number of benzene rings is 1. The van der Waals surface area contributed by atoms with E-state index in [1.54, 1.807) is 0 Å². The van der Waals surface area contributed by atoms with Gasteiger partial charge in [-0.15, -0.1) is 0 Å². The van der Waals surface area contributed by atoms with Crippen LogP contribution in [0.15, 0.2) is 42.6 Å². The van der Waals surface area contributed by atoms with Crippen molar-refractivity contribution in [1.29, 1.82) is 0 Å². The topological polar surface area (TPSA) is 175 Å². The predicted octanol–water partition coefficient (Wildman–Crippen LogP) is 0.578. The predicted molar refractivity (Wildman–Crippen MR) is 159 cm³/mol. The molecule has 1 rings (SSSR count). The van der Waals surface area contributed by atoms with Gasteiger partial charge < -0.3 is 36.7 Å². The molecule has 2 unspecified atom stereocenters. The van der Waals surface area contributed by atoms with E-state index in [1.807, 2.05) is 71.7 Å². The largest absolute Gasteiger partial charge is 0.378 e. The minimum Gasteiger partial charge on any atom is -0.378 e. The highest BCUT2D eigenvalue weighted by molar-refractivity contribution is 5.92. The summed E-state index contributed by atoms with van der Waals surface area (Å²) in [6.45, 7) is 15.0. The number of rotatable bonds is 16. The monoisotopic (exact) mass is 576 g/mol. The van der Waals surface area contributed by atoms with Crippen LogP contribution in [-0.4, -0.2) is 75.1 Å². The number of likely N-dealkylation sites (N-methyl/N-ethyl adjacent to an activating group) is 1. The van der Waals surface area contributed by atoms with Gasteiger partial charge in [0.1, 0.15) is 12.8 Å². The van der Waals surface area contributed by atoms with Crippen molar-refractivity contribution >= 4 is 36.3 Å². The minimum atomic E-state index is -0.936.